The van der Waals surface area contributed by atoms with Crippen LogP contribution in [0.4, 0.5) is 0 Å². The van der Waals surface area contributed by atoms with Crippen molar-refractivity contribution in [2.24, 2.45) is 0 Å². The average molecular weight is 347 g/mol. The molecular formula is C14H12Cl2O2S2. The SMILES string of the molecule is Cc1cccc(CS(=O)CC(=O)c2cc(Cl)sc2Cl)c1. The molecule has 0 saturated heterocycles. The van der Waals surface area contributed by atoms with Crippen molar-refractivity contribution < 1.29 is 9.00 Å². The average Bonchev–Trinajstić information content (AvgIpc) is 2.68. The minimum atomic E-state index is -1.26. The molecule has 1 aromatic carbocycles. The molecule has 6 heteroatoms. The molecular weight excluding hydrogens is 335 g/mol. The summed E-state index contributed by atoms with van der Waals surface area (Å²) in [5.74, 6) is 0.0908. The number of benzene rings is 1. The van der Waals surface area contributed by atoms with Crippen LogP contribution in [0, 0.1) is 6.92 Å². The Morgan fingerprint density at radius 3 is 2.65 bits per heavy atom. The van der Waals surface area contributed by atoms with Crippen LogP contribution in [0.3, 0.4) is 0 Å². The van der Waals surface area contributed by atoms with Crippen molar-refractivity contribution >= 4 is 51.1 Å². The lowest BCUT2D eigenvalue weighted by molar-refractivity contribution is 0.102. The number of carbonyl (C=O) groups is 1. The fraction of sp³-hybridized carbons (Fsp3) is 0.214. The van der Waals surface area contributed by atoms with Gasteiger partial charge >= 0.3 is 0 Å². The molecule has 1 unspecified atom stereocenters. The van der Waals surface area contributed by atoms with Crippen molar-refractivity contribution in [2.75, 3.05) is 5.75 Å². The van der Waals surface area contributed by atoms with Crippen molar-refractivity contribution in [3.8, 4) is 0 Å². The van der Waals surface area contributed by atoms with Gasteiger partial charge in [-0.25, -0.2) is 0 Å². The highest BCUT2D eigenvalue weighted by Crippen LogP contribution is 2.31. The first-order chi connectivity index (χ1) is 9.45. The van der Waals surface area contributed by atoms with Gasteiger partial charge in [0.05, 0.1) is 10.1 Å². The predicted octanol–water partition coefficient (Wildman–Crippen LogP) is 4.49. The van der Waals surface area contributed by atoms with E-state index >= 15 is 0 Å². The van der Waals surface area contributed by atoms with Gasteiger partial charge in [0.25, 0.3) is 0 Å². The zero-order chi connectivity index (χ0) is 14.7. The van der Waals surface area contributed by atoms with Crippen LogP contribution in [0.25, 0.3) is 0 Å². The number of carbonyl (C=O) groups excluding carboxylic acids is 1. The van der Waals surface area contributed by atoms with Gasteiger partial charge in [0.15, 0.2) is 5.78 Å². The molecule has 0 aliphatic heterocycles. The van der Waals surface area contributed by atoms with Crippen molar-refractivity contribution in [3.05, 3.63) is 55.7 Å². The normalized spacial score (nSPS) is 12.3. The van der Waals surface area contributed by atoms with Gasteiger partial charge in [0.1, 0.15) is 4.34 Å². The molecule has 106 valence electrons. The van der Waals surface area contributed by atoms with E-state index in [-0.39, 0.29) is 11.5 Å². The van der Waals surface area contributed by atoms with Crippen LogP contribution < -0.4 is 0 Å². The maximum absolute atomic E-state index is 12.0. The second-order valence-electron chi connectivity index (χ2n) is 4.38. The molecule has 20 heavy (non-hydrogen) atoms. The van der Waals surface area contributed by atoms with Gasteiger partial charge in [-0.1, -0.05) is 53.0 Å². The second-order valence-corrected chi connectivity index (χ2v) is 8.12. The van der Waals surface area contributed by atoms with Crippen LogP contribution in [0.2, 0.25) is 8.67 Å². The van der Waals surface area contributed by atoms with Gasteiger partial charge in [-0.05, 0) is 18.6 Å². The fourth-order valence-corrected chi connectivity index (χ4v) is 4.39. The predicted molar refractivity (Wildman–Crippen MR) is 86.6 cm³/mol. The van der Waals surface area contributed by atoms with E-state index in [9.17, 15) is 9.00 Å². The van der Waals surface area contributed by atoms with E-state index in [0.29, 0.717) is 20.0 Å². The first-order valence-electron chi connectivity index (χ1n) is 5.84. The fourth-order valence-electron chi connectivity index (χ4n) is 1.79. The highest BCUT2D eigenvalue weighted by Gasteiger charge is 2.17. The third kappa shape index (κ3) is 4.16. The molecule has 1 aromatic heterocycles. The smallest absolute Gasteiger partial charge is 0.177 e. The van der Waals surface area contributed by atoms with Gasteiger partial charge in [-0.15, -0.1) is 11.3 Å². The Balaban J connectivity index is 2.01. The molecule has 0 aliphatic carbocycles. The number of thiophene rings is 1. The Morgan fingerprint density at radius 2 is 2.05 bits per heavy atom. The first kappa shape index (κ1) is 15.7. The summed E-state index contributed by atoms with van der Waals surface area (Å²) in [5.41, 5.74) is 2.43. The number of ketones is 1. The first-order valence-corrected chi connectivity index (χ1v) is 8.90. The third-order valence-electron chi connectivity index (χ3n) is 2.66. The zero-order valence-corrected chi connectivity index (χ0v) is 13.8. The standard InChI is InChI=1S/C14H12Cl2O2S2/c1-9-3-2-4-10(5-9)7-20(18)8-12(17)11-6-13(15)19-14(11)16/h2-6H,7-8H2,1H3. The molecule has 0 saturated carbocycles. The quantitative estimate of drug-likeness (QED) is 0.747. The van der Waals surface area contributed by atoms with Crippen LogP contribution in [-0.4, -0.2) is 15.7 Å². The molecule has 0 N–H and O–H groups in total. The Bertz CT molecular complexity index is 665. The van der Waals surface area contributed by atoms with E-state index in [1.807, 2.05) is 31.2 Å². The topological polar surface area (TPSA) is 34.1 Å². The van der Waals surface area contributed by atoms with Crippen molar-refractivity contribution in [1.82, 2.24) is 0 Å². The minimum Gasteiger partial charge on any atom is -0.293 e. The monoisotopic (exact) mass is 346 g/mol. The third-order valence-corrected chi connectivity index (χ3v) is 5.39. The summed E-state index contributed by atoms with van der Waals surface area (Å²) >= 11 is 12.9. The van der Waals surface area contributed by atoms with Gasteiger partial charge in [-0.2, -0.15) is 0 Å². The molecule has 2 nitrogen and oxygen atoms in total. The summed E-state index contributed by atoms with van der Waals surface area (Å²) in [6, 6.07) is 9.30. The lowest BCUT2D eigenvalue weighted by atomic mass is 10.2. The Morgan fingerprint density at radius 1 is 1.30 bits per heavy atom. The molecule has 2 rings (SSSR count). The van der Waals surface area contributed by atoms with Gasteiger partial charge in [0, 0.05) is 22.1 Å². The minimum absolute atomic E-state index is 0.0409. The van der Waals surface area contributed by atoms with Crippen LogP contribution in [0.5, 0.6) is 0 Å². The highest BCUT2D eigenvalue weighted by molar-refractivity contribution is 7.85. The molecule has 0 spiro atoms. The lowest BCUT2D eigenvalue weighted by Gasteiger charge is -2.03. The van der Waals surface area contributed by atoms with E-state index < -0.39 is 10.8 Å². The molecule has 0 bridgehead atoms. The van der Waals surface area contributed by atoms with Gasteiger partial charge < -0.3 is 0 Å². The van der Waals surface area contributed by atoms with Gasteiger partial charge in [0.2, 0.25) is 0 Å². The molecule has 0 amide bonds. The number of hydrogen-bond donors (Lipinski definition) is 0. The Hall–Kier alpha value is -0.680. The van der Waals surface area contributed by atoms with Crippen molar-refractivity contribution in [2.45, 2.75) is 12.7 Å². The van der Waals surface area contributed by atoms with Crippen molar-refractivity contribution in [3.63, 3.8) is 0 Å². The summed E-state index contributed by atoms with van der Waals surface area (Å²) in [6.45, 7) is 1.98. The van der Waals surface area contributed by atoms with E-state index in [2.05, 4.69) is 0 Å². The Kier molecular flexibility index (Phi) is 5.38. The molecule has 1 heterocycles. The molecule has 0 fully saturated rings. The summed E-state index contributed by atoms with van der Waals surface area (Å²) in [4.78, 5) is 12.0. The maximum atomic E-state index is 12.0. The second kappa shape index (κ2) is 6.85. The Labute approximate surface area is 134 Å². The summed E-state index contributed by atoms with van der Waals surface area (Å²) < 4.78 is 12.9. The number of hydrogen-bond acceptors (Lipinski definition) is 3. The number of halogens is 2. The van der Waals surface area contributed by atoms with Gasteiger partial charge in [-0.3, -0.25) is 9.00 Å². The lowest BCUT2D eigenvalue weighted by Crippen LogP contribution is -2.12. The summed E-state index contributed by atoms with van der Waals surface area (Å²) in [5, 5.41) is 0. The van der Waals surface area contributed by atoms with E-state index in [0.717, 1.165) is 22.5 Å². The summed E-state index contributed by atoms with van der Waals surface area (Å²) in [7, 11) is -1.26. The highest BCUT2D eigenvalue weighted by atomic mass is 35.5. The van der Waals surface area contributed by atoms with Crippen LogP contribution in [0.15, 0.2) is 30.3 Å². The number of rotatable bonds is 5. The maximum Gasteiger partial charge on any atom is 0.177 e. The largest absolute Gasteiger partial charge is 0.293 e. The van der Waals surface area contributed by atoms with Crippen molar-refractivity contribution in [1.29, 1.82) is 0 Å². The number of Topliss-reactive ketones (excluding diaryl/α,β-unsaturated/α-hetero) is 1. The molecule has 1 atom stereocenters. The van der Waals surface area contributed by atoms with Crippen LogP contribution in [0.1, 0.15) is 21.5 Å². The van der Waals surface area contributed by atoms with E-state index in [1.165, 1.54) is 6.07 Å². The molecule has 0 aliphatic rings. The number of aryl methyl sites for hydroxylation is 1. The van der Waals surface area contributed by atoms with Crippen LogP contribution >= 0.6 is 34.5 Å². The summed E-state index contributed by atoms with van der Waals surface area (Å²) in [6.07, 6.45) is 0. The molecule has 2 aromatic rings. The van der Waals surface area contributed by atoms with E-state index in [1.54, 1.807) is 0 Å². The molecule has 0 radical (unpaired) electrons. The zero-order valence-electron chi connectivity index (χ0n) is 10.7. The van der Waals surface area contributed by atoms with Crippen LogP contribution in [-0.2, 0) is 16.6 Å². The van der Waals surface area contributed by atoms with E-state index in [4.69, 9.17) is 23.2 Å².